The van der Waals surface area contributed by atoms with E-state index in [0.29, 0.717) is 0 Å². The predicted octanol–water partition coefficient (Wildman–Crippen LogP) is 19.9. The van der Waals surface area contributed by atoms with Crippen molar-refractivity contribution in [3.63, 3.8) is 0 Å². The van der Waals surface area contributed by atoms with Gasteiger partial charge in [-0.1, -0.05) is 309 Å². The monoisotopic (exact) mass is 869 g/mol. The van der Waals surface area contributed by atoms with Gasteiger partial charge in [0, 0.05) is 0 Å². The van der Waals surface area contributed by atoms with E-state index in [1.54, 1.807) is 0 Å². The number of hydrogen-bond acceptors (Lipinski definition) is 1. The largest absolute Gasteiger partial charge is 1.00 e. The average molecular weight is 870 g/mol. The Labute approximate surface area is 347 Å². The number of alkyl halides is 1. The van der Waals surface area contributed by atoms with E-state index in [4.69, 9.17) is 0.594 Å². The molecule has 0 aromatic rings. The molecule has 0 nitrogen and oxygen atoms in total. The Hall–Kier alpha value is 1.18. The van der Waals surface area contributed by atoms with Crippen molar-refractivity contribution >= 4 is 19.8 Å². The van der Waals surface area contributed by atoms with E-state index in [0.717, 1.165) is 0 Å². The summed E-state index contributed by atoms with van der Waals surface area (Å²) in [5.74, 6) is 0. The van der Waals surface area contributed by atoms with Crippen LogP contribution < -0.4 is 27.1 Å². The molecule has 0 aliphatic heterocycles. The van der Waals surface area contributed by atoms with E-state index < -0.39 is 0 Å². The third-order valence-electron chi connectivity index (χ3n) is 0. The van der Waals surface area contributed by atoms with Crippen molar-refractivity contribution in [1.29, 1.82) is 0.594 Å². The maximum absolute atomic E-state index is 6.32. The van der Waals surface area contributed by atoms with Crippen molar-refractivity contribution < 1.29 is 27.1 Å². The molecule has 0 aliphatic carbocycles. The summed E-state index contributed by atoms with van der Waals surface area (Å²) >= 11 is 3.73. The molecule has 0 bridgehead atoms. The summed E-state index contributed by atoms with van der Waals surface area (Å²) in [4.78, 5) is 1.90. The number of halogens is 2. The van der Waals surface area contributed by atoms with Gasteiger partial charge >= 0.3 is 27.9 Å². The van der Waals surface area contributed by atoms with Gasteiger partial charge in [-0.25, -0.2) is 0 Å². The molecule has 0 heterocycles. The molecule has 0 aromatic heterocycles. The van der Waals surface area contributed by atoms with Crippen LogP contribution in [0.3, 0.4) is 0 Å². The summed E-state index contributed by atoms with van der Waals surface area (Å²) in [6, 6.07) is 0. The maximum Gasteiger partial charge on any atom is -1.00 e. The smallest absolute Gasteiger partial charge is 1.00 e. The molecule has 0 rings (SSSR count). The van der Waals surface area contributed by atoms with Crippen LogP contribution in [-0.2, 0) is 11.8 Å². The van der Waals surface area contributed by atoms with Crippen LogP contribution in [0.25, 0.3) is 0 Å². The summed E-state index contributed by atoms with van der Waals surface area (Å²) in [5, 5.41) is 0. The maximum atomic E-state index is 6.32. The van der Waals surface area contributed by atoms with Gasteiger partial charge in [0.1, 0.15) is 0 Å². The van der Waals surface area contributed by atoms with Crippen molar-refractivity contribution in [3.05, 3.63) is 0 Å². The fourth-order valence-corrected chi connectivity index (χ4v) is 0. The first kappa shape index (κ1) is 5400. The number of rotatable bonds is 0. The first-order chi connectivity index (χ1) is 2.41. The Morgan fingerprint density at radius 3 is 0.244 bits per heavy atom. The van der Waals surface area contributed by atoms with Crippen LogP contribution in [0.5, 0.6) is 0 Å². The Kier molecular flexibility index (Phi) is 7590000. The SMILES string of the molecule is C.C.C.C.C.C.C.C.C.C.C.C.C.C.C.C.C.C.C.C.C.C.C.C.C.C.C.C.C.C.C.C.C.C.C.C.C.C.C.C.P=S.[3H][I-]C.[F-]. The Morgan fingerprint density at radius 2 is 0.244 bits per heavy atom. The van der Waals surface area contributed by atoms with Gasteiger partial charge < -0.3 is 4.70 Å². The van der Waals surface area contributed by atoms with Crippen molar-refractivity contribution in [2.45, 2.75) is 297 Å². The van der Waals surface area contributed by atoms with E-state index in [2.05, 4.69) is 19.8 Å². The molecular formula is C41H165FIPS-2. The van der Waals surface area contributed by atoms with E-state index in [-0.39, 0.29) is 324 Å². The van der Waals surface area contributed by atoms with Crippen molar-refractivity contribution in [3.8, 4) is 0 Å². The van der Waals surface area contributed by atoms with Gasteiger partial charge in [0.05, 0.1) is 0 Å². The predicted molar refractivity (Wildman–Crippen MR) is 292 cm³/mol. The zero-order valence-electron chi connectivity index (χ0n) is 3.66. The topological polar surface area (TPSA) is 0 Å². The molecule has 0 unspecified atom stereocenters. The summed E-state index contributed by atoms with van der Waals surface area (Å²) < 4.78 is 6.32. The molecular weight excluding hydrogens is 701 g/mol. The van der Waals surface area contributed by atoms with Gasteiger partial charge in [-0.2, -0.15) is 0 Å². The summed E-state index contributed by atoms with van der Waals surface area (Å²) in [7, 11) is 2.56. The minimum Gasteiger partial charge on any atom is -1.00 e. The van der Waals surface area contributed by atoms with Crippen molar-refractivity contribution in [2.24, 2.45) is 0 Å². The van der Waals surface area contributed by atoms with Gasteiger partial charge in [-0.15, -0.1) is 0 Å². The van der Waals surface area contributed by atoms with Gasteiger partial charge in [0.25, 0.3) is 0 Å². The van der Waals surface area contributed by atoms with Crippen LogP contribution >= 0.6 is 8.02 Å². The normalized spacial score (nSPS) is 0.600. The molecule has 0 N–H and O–H groups in total. The summed E-state index contributed by atoms with van der Waals surface area (Å²) in [6.45, 7) is 0. The van der Waals surface area contributed by atoms with Crippen molar-refractivity contribution in [1.82, 2.24) is 0 Å². The number of hydrogen-bond donors (Lipinski definition) is 0. The minimum atomic E-state index is -0.160. The third-order valence-corrected chi connectivity index (χ3v) is 0. The Bertz CT molecular complexity index is 38.4. The van der Waals surface area contributed by atoms with E-state index >= 15 is 0 Å². The second kappa shape index (κ2) is 63300. The molecule has 45 heavy (non-hydrogen) atoms. The van der Waals surface area contributed by atoms with Gasteiger partial charge in [-0.05, 0) is 8.02 Å². The minimum absolute atomic E-state index is 0. The summed E-state index contributed by atoms with van der Waals surface area (Å²) in [5.41, 5.74) is 0. The van der Waals surface area contributed by atoms with E-state index in [9.17, 15) is 0 Å². The zero-order valence-corrected chi connectivity index (χ0v) is 6.64. The molecule has 4 heteroatoms. The average Bonchev–Trinajstić information content (AvgIpc) is 1.46. The van der Waals surface area contributed by atoms with Gasteiger partial charge in [0.2, 0.25) is 0 Å². The van der Waals surface area contributed by atoms with Crippen LogP contribution in [0, 0.1) is 0 Å². The second-order valence-corrected chi connectivity index (χ2v) is 0. The Balaban J connectivity index is -0.0000000000507. The molecule has 0 spiro atoms. The molecule has 0 fully saturated rings. The van der Waals surface area contributed by atoms with Gasteiger partial charge in [-0.3, -0.25) is 0 Å². The van der Waals surface area contributed by atoms with Crippen LogP contribution in [0.1, 0.15) is 297 Å². The van der Waals surface area contributed by atoms with Crippen LogP contribution in [-0.4, -0.2) is 5.52 Å². The molecule has 0 aromatic carbocycles. The molecule has 0 aliphatic rings. The molecule has 0 saturated carbocycles. The third kappa shape index (κ3) is 60500. The van der Waals surface area contributed by atoms with Gasteiger partial charge in [0.15, 0.2) is 0 Å². The Morgan fingerprint density at radius 1 is 0.244 bits per heavy atom. The van der Waals surface area contributed by atoms with Crippen LogP contribution in [0.4, 0.5) is 0 Å². The van der Waals surface area contributed by atoms with Crippen LogP contribution in [0.15, 0.2) is 0 Å². The first-order valence-electron chi connectivity index (χ1n) is 0.960. The molecule has 0 amide bonds. The molecule has 0 saturated heterocycles. The quantitative estimate of drug-likeness (QED) is 0.133. The zero-order chi connectivity index (χ0) is 4.71. The van der Waals surface area contributed by atoms with Crippen LogP contribution in [0.2, 0.25) is 0 Å². The fourth-order valence-electron chi connectivity index (χ4n) is 0. The van der Waals surface area contributed by atoms with E-state index in [1.807, 2.05) is 4.93 Å². The first-order valence-corrected chi connectivity index (χ1v) is 4.37. The standard InChI is InChI=1S/CH4I.40CH4.FH.HPS/c1-2;;;;;;;;;;;;;;;;;;;;;;;;;;;;;;;;;;;;;;;;;;1-2/h2H,1H3;40*1H4;1H;1H/q-1;;;;;;;;;;;;;;;;;;;;;;;;;;;;;;;;;;;;;;;;;;/p-1/i2T;;;;;;;;;;;;;;;;;;;;;;;;;;;;;;;;;;;;;;;;;;. The second-order valence-electron chi connectivity index (χ2n) is 0. The fraction of sp³-hybridized carbons (Fsp3) is 1.00. The molecule has 0 radical (unpaired) electrons. The van der Waals surface area contributed by atoms with Crippen molar-refractivity contribution in [2.75, 3.05) is 4.93 Å². The summed E-state index contributed by atoms with van der Waals surface area (Å²) in [6.07, 6.45) is 0. The molecule has 356 valence electrons. The molecule has 0 atom stereocenters. The van der Waals surface area contributed by atoms with E-state index in [1.165, 1.54) is 0 Å².